The van der Waals surface area contributed by atoms with Gasteiger partial charge in [-0.25, -0.2) is 0 Å². The van der Waals surface area contributed by atoms with Crippen LogP contribution in [-0.4, -0.2) is 61.3 Å². The maximum Gasteiger partial charge on any atom is 0.0431 e. The molecule has 13 heavy (non-hydrogen) atoms. The lowest BCUT2D eigenvalue weighted by Gasteiger charge is -2.19. The number of hydrogen-bond donors (Lipinski definition) is 1. The summed E-state index contributed by atoms with van der Waals surface area (Å²) in [6, 6.07) is 0. The Morgan fingerprint density at radius 2 is 1.92 bits per heavy atom. The number of unbranched alkanes of at least 4 members (excludes halogenated alkanes) is 1. The first-order valence-corrected chi connectivity index (χ1v) is 5.34. The van der Waals surface area contributed by atoms with Crippen molar-refractivity contribution in [3.8, 4) is 0 Å². The quantitative estimate of drug-likeness (QED) is 0.644. The third-order valence-corrected chi connectivity index (χ3v) is 2.69. The Morgan fingerprint density at radius 3 is 2.69 bits per heavy atom. The second kappa shape index (κ2) is 6.35. The van der Waals surface area contributed by atoms with E-state index < -0.39 is 0 Å². The van der Waals surface area contributed by atoms with Crippen molar-refractivity contribution >= 4 is 0 Å². The molecule has 0 unspecified atom stereocenters. The first kappa shape index (κ1) is 11.0. The summed E-state index contributed by atoms with van der Waals surface area (Å²) in [6.07, 6.45) is 3.38. The zero-order valence-electron chi connectivity index (χ0n) is 8.71. The molecule has 0 spiro atoms. The third-order valence-electron chi connectivity index (χ3n) is 2.69. The summed E-state index contributed by atoms with van der Waals surface area (Å²) < 4.78 is 0. The SMILES string of the molecule is CN1CCCN(CCCCO)CC1. The lowest BCUT2D eigenvalue weighted by Crippen LogP contribution is -2.29. The molecule has 78 valence electrons. The molecule has 0 bridgehead atoms. The van der Waals surface area contributed by atoms with Gasteiger partial charge in [0.1, 0.15) is 0 Å². The Bertz CT molecular complexity index is 130. The molecule has 3 nitrogen and oxygen atoms in total. The van der Waals surface area contributed by atoms with Crippen LogP contribution in [-0.2, 0) is 0 Å². The van der Waals surface area contributed by atoms with Gasteiger partial charge in [-0.3, -0.25) is 0 Å². The number of rotatable bonds is 4. The summed E-state index contributed by atoms with van der Waals surface area (Å²) in [5.74, 6) is 0. The van der Waals surface area contributed by atoms with E-state index in [1.807, 2.05) is 0 Å². The van der Waals surface area contributed by atoms with Gasteiger partial charge in [0.15, 0.2) is 0 Å². The van der Waals surface area contributed by atoms with E-state index in [2.05, 4.69) is 16.8 Å². The summed E-state index contributed by atoms with van der Waals surface area (Å²) in [5, 5.41) is 8.67. The van der Waals surface area contributed by atoms with Crippen LogP contribution in [0.25, 0.3) is 0 Å². The van der Waals surface area contributed by atoms with E-state index in [1.165, 1.54) is 32.6 Å². The van der Waals surface area contributed by atoms with Gasteiger partial charge in [-0.05, 0) is 45.9 Å². The Morgan fingerprint density at radius 1 is 1.08 bits per heavy atom. The maximum absolute atomic E-state index is 8.67. The number of aliphatic hydroxyl groups is 1. The molecule has 0 aliphatic carbocycles. The Hall–Kier alpha value is -0.120. The van der Waals surface area contributed by atoms with Crippen molar-refractivity contribution in [3.05, 3.63) is 0 Å². The van der Waals surface area contributed by atoms with E-state index in [0.717, 1.165) is 19.4 Å². The largest absolute Gasteiger partial charge is 0.396 e. The second-order valence-corrected chi connectivity index (χ2v) is 3.93. The first-order valence-electron chi connectivity index (χ1n) is 5.34. The van der Waals surface area contributed by atoms with Crippen LogP contribution < -0.4 is 0 Å². The predicted octanol–water partition coefficient (Wildman–Crippen LogP) is 0.396. The number of aliphatic hydroxyl groups excluding tert-OH is 1. The van der Waals surface area contributed by atoms with Gasteiger partial charge in [0.25, 0.3) is 0 Å². The molecule has 0 atom stereocenters. The summed E-state index contributed by atoms with van der Waals surface area (Å²) in [6.45, 7) is 6.36. The van der Waals surface area contributed by atoms with Crippen molar-refractivity contribution in [3.63, 3.8) is 0 Å². The van der Waals surface area contributed by atoms with Gasteiger partial charge < -0.3 is 14.9 Å². The molecule has 1 aliphatic heterocycles. The van der Waals surface area contributed by atoms with Crippen LogP contribution in [0.4, 0.5) is 0 Å². The fourth-order valence-electron chi connectivity index (χ4n) is 1.77. The van der Waals surface area contributed by atoms with Crippen molar-refractivity contribution in [2.75, 3.05) is 46.4 Å². The van der Waals surface area contributed by atoms with Crippen LogP contribution >= 0.6 is 0 Å². The lowest BCUT2D eigenvalue weighted by molar-refractivity contribution is 0.244. The van der Waals surface area contributed by atoms with E-state index >= 15 is 0 Å². The van der Waals surface area contributed by atoms with Crippen LogP contribution in [0.2, 0.25) is 0 Å². The molecule has 0 radical (unpaired) electrons. The molecule has 1 N–H and O–H groups in total. The third kappa shape index (κ3) is 4.60. The van der Waals surface area contributed by atoms with Crippen LogP contribution in [0, 0.1) is 0 Å². The zero-order chi connectivity index (χ0) is 9.52. The Labute approximate surface area is 81.3 Å². The minimum atomic E-state index is 0.341. The molecular formula is C10H22N2O. The summed E-state index contributed by atoms with van der Waals surface area (Å²) in [7, 11) is 2.19. The van der Waals surface area contributed by atoms with Crippen LogP contribution in [0.5, 0.6) is 0 Å². The molecule has 0 aromatic heterocycles. The fraction of sp³-hybridized carbons (Fsp3) is 1.00. The number of hydrogen-bond acceptors (Lipinski definition) is 3. The average molecular weight is 186 g/mol. The molecule has 0 aromatic rings. The topological polar surface area (TPSA) is 26.7 Å². The normalized spacial score (nSPS) is 21.7. The van der Waals surface area contributed by atoms with Crippen molar-refractivity contribution in [1.82, 2.24) is 9.80 Å². The van der Waals surface area contributed by atoms with Gasteiger partial charge in [-0.2, -0.15) is 0 Å². The average Bonchev–Trinajstić information content (AvgIpc) is 2.32. The molecular weight excluding hydrogens is 164 g/mol. The monoisotopic (exact) mass is 186 g/mol. The van der Waals surface area contributed by atoms with E-state index in [9.17, 15) is 0 Å². The van der Waals surface area contributed by atoms with E-state index in [0.29, 0.717) is 6.61 Å². The van der Waals surface area contributed by atoms with Crippen molar-refractivity contribution in [1.29, 1.82) is 0 Å². The van der Waals surface area contributed by atoms with E-state index in [-0.39, 0.29) is 0 Å². The van der Waals surface area contributed by atoms with E-state index in [4.69, 9.17) is 5.11 Å². The molecule has 1 fully saturated rings. The maximum atomic E-state index is 8.67. The van der Waals surface area contributed by atoms with Crippen LogP contribution in [0.1, 0.15) is 19.3 Å². The summed E-state index contributed by atoms with van der Waals surface area (Å²) in [4.78, 5) is 4.91. The molecule has 0 aromatic carbocycles. The molecule has 1 heterocycles. The highest BCUT2D eigenvalue weighted by molar-refractivity contribution is 4.66. The fourth-order valence-corrected chi connectivity index (χ4v) is 1.77. The molecule has 1 rings (SSSR count). The van der Waals surface area contributed by atoms with Gasteiger partial charge in [0.2, 0.25) is 0 Å². The van der Waals surface area contributed by atoms with Crippen molar-refractivity contribution in [2.45, 2.75) is 19.3 Å². The van der Waals surface area contributed by atoms with Crippen LogP contribution in [0.15, 0.2) is 0 Å². The smallest absolute Gasteiger partial charge is 0.0431 e. The summed E-state index contributed by atoms with van der Waals surface area (Å²) in [5.41, 5.74) is 0. The second-order valence-electron chi connectivity index (χ2n) is 3.93. The molecule has 0 saturated carbocycles. The molecule has 1 saturated heterocycles. The molecule has 3 heteroatoms. The Kier molecular flexibility index (Phi) is 5.35. The highest BCUT2D eigenvalue weighted by Gasteiger charge is 2.10. The molecule has 1 aliphatic rings. The highest BCUT2D eigenvalue weighted by Crippen LogP contribution is 2.02. The highest BCUT2D eigenvalue weighted by atomic mass is 16.2. The predicted molar refractivity (Wildman–Crippen MR) is 54.9 cm³/mol. The van der Waals surface area contributed by atoms with Gasteiger partial charge in [-0.15, -0.1) is 0 Å². The van der Waals surface area contributed by atoms with Gasteiger partial charge in [0.05, 0.1) is 0 Å². The standard InChI is InChI=1S/C10H22N2O/c1-11-5-4-7-12(9-8-11)6-2-3-10-13/h13H,2-10H2,1H3. The van der Waals surface area contributed by atoms with Gasteiger partial charge >= 0.3 is 0 Å². The first-order chi connectivity index (χ1) is 6.33. The lowest BCUT2D eigenvalue weighted by atomic mass is 10.3. The van der Waals surface area contributed by atoms with Crippen molar-refractivity contribution < 1.29 is 5.11 Å². The van der Waals surface area contributed by atoms with Crippen LogP contribution in [0.3, 0.4) is 0 Å². The molecule has 0 amide bonds. The number of likely N-dealkylation sites (N-methyl/N-ethyl adjacent to an activating group) is 1. The Balaban J connectivity index is 2.11. The minimum Gasteiger partial charge on any atom is -0.396 e. The van der Waals surface area contributed by atoms with E-state index in [1.54, 1.807) is 0 Å². The summed E-state index contributed by atoms with van der Waals surface area (Å²) >= 11 is 0. The minimum absolute atomic E-state index is 0.341. The van der Waals surface area contributed by atoms with Gasteiger partial charge in [0, 0.05) is 19.7 Å². The number of nitrogens with zero attached hydrogens (tertiary/aromatic N) is 2. The zero-order valence-corrected chi connectivity index (χ0v) is 8.71. The van der Waals surface area contributed by atoms with Crippen molar-refractivity contribution in [2.24, 2.45) is 0 Å². The van der Waals surface area contributed by atoms with Gasteiger partial charge in [-0.1, -0.05) is 0 Å².